The largest absolute Gasteiger partial charge is 0.391 e. The van der Waals surface area contributed by atoms with Crippen molar-refractivity contribution in [2.45, 2.75) is 82.4 Å². The van der Waals surface area contributed by atoms with E-state index in [1.807, 2.05) is 7.05 Å². The maximum atomic E-state index is 10.4. The van der Waals surface area contributed by atoms with Gasteiger partial charge in [-0.2, -0.15) is 0 Å². The molecule has 0 aromatic carbocycles. The lowest BCUT2D eigenvalue weighted by atomic mass is 9.85. The molecule has 0 bridgehead atoms. The van der Waals surface area contributed by atoms with Crippen molar-refractivity contribution >= 4 is 29.9 Å². The fourth-order valence-corrected chi connectivity index (χ4v) is 4.78. The van der Waals surface area contributed by atoms with Crippen molar-refractivity contribution in [2.75, 3.05) is 26.7 Å². The first-order valence-corrected chi connectivity index (χ1v) is 10.2. The van der Waals surface area contributed by atoms with Gasteiger partial charge in [0, 0.05) is 38.8 Å². The summed E-state index contributed by atoms with van der Waals surface area (Å²) < 4.78 is 0. The second kappa shape index (κ2) is 10.9. The first-order valence-electron chi connectivity index (χ1n) is 10.2. The highest BCUT2D eigenvalue weighted by Gasteiger charge is 2.30. The van der Waals surface area contributed by atoms with Crippen LogP contribution in [0.2, 0.25) is 0 Å². The molecule has 6 heteroatoms. The standard InChI is InChI=1S/C19H36N4O.HI/c1-20-19(21-13-18(24)15-7-3-2-4-8-15)22-16-11-12-23(14-16)17-9-5-6-10-17;/h15-18,24H,2-14H2,1H3,(H2,20,21,22);1H. The molecule has 3 fully saturated rings. The second-order valence-electron chi connectivity index (χ2n) is 7.98. The highest BCUT2D eigenvalue weighted by Crippen LogP contribution is 2.27. The Bertz CT molecular complexity index is 408. The molecule has 3 rings (SSSR count). The van der Waals surface area contributed by atoms with Crippen molar-refractivity contribution in [3.8, 4) is 0 Å². The van der Waals surface area contributed by atoms with Crippen molar-refractivity contribution in [1.29, 1.82) is 0 Å². The van der Waals surface area contributed by atoms with E-state index in [-0.39, 0.29) is 30.1 Å². The molecule has 2 unspecified atom stereocenters. The maximum absolute atomic E-state index is 10.4. The summed E-state index contributed by atoms with van der Waals surface area (Å²) in [6, 6.07) is 1.31. The molecule has 146 valence electrons. The summed E-state index contributed by atoms with van der Waals surface area (Å²) in [4.78, 5) is 7.02. The SMILES string of the molecule is CN=C(NCC(O)C1CCCCC1)NC1CCN(C2CCCC2)C1.I. The summed E-state index contributed by atoms with van der Waals surface area (Å²) >= 11 is 0. The number of hydrogen-bond donors (Lipinski definition) is 3. The summed E-state index contributed by atoms with van der Waals surface area (Å²) in [5.74, 6) is 1.32. The molecule has 0 spiro atoms. The van der Waals surface area contributed by atoms with Gasteiger partial charge in [-0.05, 0) is 38.0 Å². The quantitative estimate of drug-likeness (QED) is 0.333. The van der Waals surface area contributed by atoms with Crippen molar-refractivity contribution < 1.29 is 5.11 Å². The maximum Gasteiger partial charge on any atom is 0.191 e. The van der Waals surface area contributed by atoms with Gasteiger partial charge in [-0.15, -0.1) is 24.0 Å². The van der Waals surface area contributed by atoms with Gasteiger partial charge in [-0.25, -0.2) is 0 Å². The molecule has 1 heterocycles. The summed E-state index contributed by atoms with van der Waals surface area (Å²) in [5.41, 5.74) is 0. The molecule has 0 amide bonds. The van der Waals surface area contributed by atoms with Crippen molar-refractivity contribution in [2.24, 2.45) is 10.9 Å². The number of rotatable bonds is 5. The zero-order chi connectivity index (χ0) is 16.8. The van der Waals surface area contributed by atoms with Gasteiger partial charge in [0.05, 0.1) is 6.10 Å². The van der Waals surface area contributed by atoms with Crippen LogP contribution in [0.3, 0.4) is 0 Å². The predicted molar refractivity (Wildman–Crippen MR) is 115 cm³/mol. The number of aliphatic hydroxyl groups excluding tert-OH is 1. The van der Waals surface area contributed by atoms with Gasteiger partial charge in [0.2, 0.25) is 0 Å². The molecule has 2 atom stereocenters. The number of nitrogens with one attached hydrogen (secondary N) is 2. The highest BCUT2D eigenvalue weighted by atomic mass is 127. The van der Waals surface area contributed by atoms with Gasteiger partial charge in [-0.3, -0.25) is 9.89 Å². The van der Waals surface area contributed by atoms with Crippen LogP contribution in [0.5, 0.6) is 0 Å². The Labute approximate surface area is 170 Å². The molecule has 25 heavy (non-hydrogen) atoms. The number of likely N-dealkylation sites (tertiary alicyclic amines) is 1. The van der Waals surface area contributed by atoms with Crippen molar-refractivity contribution in [3.63, 3.8) is 0 Å². The lowest BCUT2D eigenvalue weighted by molar-refractivity contribution is 0.0879. The molecular weight excluding hydrogens is 427 g/mol. The van der Waals surface area contributed by atoms with E-state index in [2.05, 4.69) is 20.5 Å². The molecule has 0 aromatic heterocycles. The van der Waals surface area contributed by atoms with Crippen molar-refractivity contribution in [3.05, 3.63) is 0 Å². The lowest BCUT2D eigenvalue weighted by Crippen LogP contribution is -2.48. The van der Waals surface area contributed by atoms with E-state index in [4.69, 9.17) is 0 Å². The molecular formula is C19H37IN4O. The highest BCUT2D eigenvalue weighted by molar-refractivity contribution is 14.0. The zero-order valence-electron chi connectivity index (χ0n) is 15.8. The molecule has 3 aliphatic rings. The van der Waals surface area contributed by atoms with Crippen LogP contribution in [-0.4, -0.2) is 60.8 Å². The third-order valence-electron chi connectivity index (χ3n) is 6.30. The molecule has 2 aliphatic carbocycles. The minimum atomic E-state index is -0.248. The van der Waals surface area contributed by atoms with Crippen LogP contribution in [-0.2, 0) is 0 Å². The molecule has 5 nitrogen and oxygen atoms in total. The Balaban J connectivity index is 0.00000225. The molecule has 2 saturated carbocycles. The Morgan fingerprint density at radius 2 is 1.76 bits per heavy atom. The molecule has 0 aromatic rings. The molecule has 0 radical (unpaired) electrons. The van der Waals surface area contributed by atoms with Gasteiger partial charge in [0.25, 0.3) is 0 Å². The molecule has 3 N–H and O–H groups in total. The van der Waals surface area contributed by atoms with Gasteiger partial charge < -0.3 is 15.7 Å². The number of guanidine groups is 1. The van der Waals surface area contributed by atoms with Crippen molar-refractivity contribution in [1.82, 2.24) is 15.5 Å². The second-order valence-corrected chi connectivity index (χ2v) is 7.98. The van der Waals surface area contributed by atoms with Crippen LogP contribution in [0, 0.1) is 5.92 Å². The van der Waals surface area contributed by atoms with Crippen LogP contribution in [0.1, 0.15) is 64.2 Å². The average molecular weight is 464 g/mol. The van der Waals surface area contributed by atoms with Crippen LogP contribution >= 0.6 is 24.0 Å². The molecule has 1 saturated heterocycles. The Hall–Kier alpha value is -0.0800. The number of hydrogen-bond acceptors (Lipinski definition) is 3. The number of nitrogens with zero attached hydrogens (tertiary/aromatic N) is 2. The normalized spacial score (nSPS) is 27.9. The lowest BCUT2D eigenvalue weighted by Gasteiger charge is -2.27. The summed E-state index contributed by atoms with van der Waals surface area (Å²) in [7, 11) is 1.83. The average Bonchev–Trinajstić information content (AvgIpc) is 3.30. The fourth-order valence-electron chi connectivity index (χ4n) is 4.78. The molecule has 1 aliphatic heterocycles. The zero-order valence-corrected chi connectivity index (χ0v) is 18.1. The Kier molecular flexibility index (Phi) is 9.27. The monoisotopic (exact) mass is 464 g/mol. The smallest absolute Gasteiger partial charge is 0.191 e. The summed E-state index contributed by atoms with van der Waals surface area (Å²) in [6.07, 6.45) is 12.7. The number of aliphatic hydroxyl groups is 1. The summed E-state index contributed by atoms with van der Waals surface area (Å²) in [5, 5.41) is 17.3. The van der Waals surface area contributed by atoms with Gasteiger partial charge >= 0.3 is 0 Å². The van der Waals surface area contributed by atoms with E-state index >= 15 is 0 Å². The Morgan fingerprint density at radius 1 is 1.08 bits per heavy atom. The number of aliphatic imine (C=N–C) groups is 1. The predicted octanol–water partition coefficient (Wildman–Crippen LogP) is 2.73. The van der Waals surface area contributed by atoms with Gasteiger partial charge in [0.15, 0.2) is 5.96 Å². The van der Waals surface area contributed by atoms with E-state index in [1.54, 1.807) is 0 Å². The fraction of sp³-hybridized carbons (Fsp3) is 0.947. The van der Waals surface area contributed by atoms with Crippen LogP contribution in [0.15, 0.2) is 4.99 Å². The minimum Gasteiger partial charge on any atom is -0.391 e. The topological polar surface area (TPSA) is 59.9 Å². The van der Waals surface area contributed by atoms with Gasteiger partial charge in [-0.1, -0.05) is 32.1 Å². The minimum absolute atomic E-state index is 0. The van der Waals surface area contributed by atoms with E-state index < -0.39 is 0 Å². The van der Waals surface area contributed by atoms with E-state index in [1.165, 1.54) is 70.8 Å². The summed E-state index contributed by atoms with van der Waals surface area (Å²) in [6.45, 7) is 2.96. The van der Waals surface area contributed by atoms with Crippen LogP contribution < -0.4 is 10.6 Å². The third kappa shape index (κ3) is 6.24. The van der Waals surface area contributed by atoms with E-state index in [0.717, 1.165) is 18.5 Å². The van der Waals surface area contributed by atoms with E-state index in [0.29, 0.717) is 18.5 Å². The van der Waals surface area contributed by atoms with Gasteiger partial charge in [0.1, 0.15) is 0 Å². The van der Waals surface area contributed by atoms with Crippen LogP contribution in [0.4, 0.5) is 0 Å². The number of halogens is 1. The third-order valence-corrected chi connectivity index (χ3v) is 6.30. The van der Waals surface area contributed by atoms with E-state index in [9.17, 15) is 5.11 Å². The van der Waals surface area contributed by atoms with Crippen LogP contribution in [0.25, 0.3) is 0 Å². The Morgan fingerprint density at radius 3 is 2.44 bits per heavy atom. The first-order chi connectivity index (χ1) is 11.8. The first kappa shape index (κ1) is 21.2.